The molecule has 0 unspecified atom stereocenters. The van der Waals surface area contributed by atoms with Gasteiger partial charge in [0, 0.05) is 35.1 Å². The number of hydrogen-bond acceptors (Lipinski definition) is 5. The van der Waals surface area contributed by atoms with Crippen molar-refractivity contribution in [1.29, 1.82) is 0 Å². The number of carbonyl (C=O) groups is 1. The van der Waals surface area contributed by atoms with E-state index in [1.165, 1.54) is 0 Å². The fraction of sp³-hybridized carbons (Fsp3) is 0.450. The Hall–Kier alpha value is -2.47. The third-order valence-electron chi connectivity index (χ3n) is 4.40. The number of nitrogens with one attached hydrogen (secondary N) is 2. The van der Waals surface area contributed by atoms with Crippen molar-refractivity contribution in [2.75, 3.05) is 0 Å². The minimum Gasteiger partial charge on any atom is -0.438 e. The summed E-state index contributed by atoms with van der Waals surface area (Å²) in [5, 5.41) is 6.80. The molecule has 26 heavy (non-hydrogen) atoms. The Morgan fingerprint density at radius 1 is 1.12 bits per heavy atom. The largest absolute Gasteiger partial charge is 0.438 e. The summed E-state index contributed by atoms with van der Waals surface area (Å²) >= 11 is 0. The normalized spacial score (nSPS) is 18.9. The molecule has 1 aromatic carbocycles. The number of rotatable bonds is 4. The lowest BCUT2D eigenvalue weighted by Gasteiger charge is -2.46. The average Bonchev–Trinajstić information content (AvgIpc) is 2.53. The molecule has 1 fully saturated rings. The van der Waals surface area contributed by atoms with E-state index in [1.54, 1.807) is 42.9 Å². The van der Waals surface area contributed by atoms with Gasteiger partial charge < -0.3 is 15.4 Å². The third kappa shape index (κ3) is 4.79. The SMILES string of the molecule is CC1(C)CC(NC(=O)c2ccc(Oc3cnccn3)cc2)CC(C)(C)N1. The number of benzene rings is 1. The fourth-order valence-corrected chi connectivity index (χ4v) is 3.83. The molecule has 0 spiro atoms. The average molecular weight is 354 g/mol. The third-order valence-corrected chi connectivity index (χ3v) is 4.40. The van der Waals surface area contributed by atoms with Crippen LogP contribution in [0.3, 0.4) is 0 Å². The predicted molar refractivity (Wildman–Crippen MR) is 100 cm³/mol. The van der Waals surface area contributed by atoms with Crippen molar-refractivity contribution in [3.63, 3.8) is 0 Å². The van der Waals surface area contributed by atoms with Crippen LogP contribution < -0.4 is 15.4 Å². The first-order chi connectivity index (χ1) is 12.2. The Bertz CT molecular complexity index is 741. The van der Waals surface area contributed by atoms with Crippen LogP contribution in [0.15, 0.2) is 42.9 Å². The van der Waals surface area contributed by atoms with Crippen LogP contribution in [0.1, 0.15) is 50.9 Å². The first-order valence-corrected chi connectivity index (χ1v) is 8.87. The first-order valence-electron chi connectivity index (χ1n) is 8.87. The summed E-state index contributed by atoms with van der Waals surface area (Å²) in [6.07, 6.45) is 6.50. The van der Waals surface area contributed by atoms with E-state index in [9.17, 15) is 4.79 Å². The minimum absolute atomic E-state index is 0.00584. The van der Waals surface area contributed by atoms with Crippen LogP contribution in [-0.2, 0) is 0 Å². The Kier molecular flexibility index (Phi) is 4.96. The van der Waals surface area contributed by atoms with Gasteiger partial charge in [0.25, 0.3) is 5.91 Å². The summed E-state index contributed by atoms with van der Waals surface area (Å²) in [5.74, 6) is 0.976. The maximum Gasteiger partial charge on any atom is 0.251 e. The summed E-state index contributed by atoms with van der Waals surface area (Å²) < 4.78 is 5.60. The van der Waals surface area contributed by atoms with Gasteiger partial charge in [-0.3, -0.25) is 9.78 Å². The summed E-state index contributed by atoms with van der Waals surface area (Å²) in [5.41, 5.74) is 0.605. The lowest BCUT2D eigenvalue weighted by Crippen LogP contribution is -2.62. The van der Waals surface area contributed by atoms with Gasteiger partial charge in [-0.1, -0.05) is 0 Å². The molecular formula is C20H26N4O2. The number of ether oxygens (including phenoxy) is 1. The minimum atomic E-state index is -0.0606. The highest BCUT2D eigenvalue weighted by molar-refractivity contribution is 5.94. The molecule has 3 rings (SSSR count). The smallest absolute Gasteiger partial charge is 0.251 e. The molecule has 6 heteroatoms. The fourth-order valence-electron chi connectivity index (χ4n) is 3.83. The van der Waals surface area contributed by atoms with Crippen molar-refractivity contribution >= 4 is 5.91 Å². The molecule has 0 radical (unpaired) electrons. The number of amides is 1. The predicted octanol–water partition coefficient (Wildman–Crippen LogP) is 3.31. The molecule has 138 valence electrons. The number of piperidine rings is 1. The van der Waals surface area contributed by atoms with Crippen LogP contribution in [0.4, 0.5) is 0 Å². The summed E-state index contributed by atoms with van der Waals surface area (Å²) in [6, 6.07) is 7.20. The van der Waals surface area contributed by atoms with Gasteiger partial charge in [0.2, 0.25) is 5.88 Å². The van der Waals surface area contributed by atoms with Crippen molar-refractivity contribution in [3.05, 3.63) is 48.4 Å². The zero-order chi connectivity index (χ0) is 18.8. The topological polar surface area (TPSA) is 76.1 Å². The van der Waals surface area contributed by atoms with Crippen LogP contribution in [0.5, 0.6) is 11.6 Å². The molecule has 0 atom stereocenters. The van der Waals surface area contributed by atoms with Gasteiger partial charge in [0.15, 0.2) is 0 Å². The molecule has 6 nitrogen and oxygen atoms in total. The quantitative estimate of drug-likeness (QED) is 0.881. The summed E-state index contributed by atoms with van der Waals surface area (Å²) in [6.45, 7) is 8.69. The highest BCUT2D eigenvalue weighted by Crippen LogP contribution is 2.28. The molecular weight excluding hydrogens is 328 g/mol. The number of hydrogen-bond donors (Lipinski definition) is 2. The van der Waals surface area contributed by atoms with E-state index in [2.05, 4.69) is 48.3 Å². The van der Waals surface area contributed by atoms with E-state index in [-0.39, 0.29) is 23.0 Å². The van der Waals surface area contributed by atoms with Crippen molar-refractivity contribution in [1.82, 2.24) is 20.6 Å². The van der Waals surface area contributed by atoms with Gasteiger partial charge in [-0.05, 0) is 64.8 Å². The highest BCUT2D eigenvalue weighted by Gasteiger charge is 2.38. The monoisotopic (exact) mass is 354 g/mol. The van der Waals surface area contributed by atoms with E-state index in [0.717, 1.165) is 12.8 Å². The molecule has 1 amide bonds. The first kappa shape index (κ1) is 18.3. The molecule has 0 saturated carbocycles. The number of carbonyl (C=O) groups excluding carboxylic acids is 1. The second kappa shape index (κ2) is 7.03. The second-order valence-corrected chi connectivity index (χ2v) is 8.14. The highest BCUT2D eigenvalue weighted by atomic mass is 16.5. The Morgan fingerprint density at radius 2 is 1.77 bits per heavy atom. The Labute approximate surface area is 154 Å². The zero-order valence-electron chi connectivity index (χ0n) is 15.7. The maximum atomic E-state index is 12.6. The van der Waals surface area contributed by atoms with Gasteiger partial charge in [-0.25, -0.2) is 4.98 Å². The van der Waals surface area contributed by atoms with Crippen LogP contribution in [0.25, 0.3) is 0 Å². The molecule has 0 aliphatic carbocycles. The summed E-state index contributed by atoms with van der Waals surface area (Å²) in [7, 11) is 0. The van der Waals surface area contributed by atoms with Crippen molar-refractivity contribution < 1.29 is 9.53 Å². The number of aromatic nitrogens is 2. The lowest BCUT2D eigenvalue weighted by molar-refractivity contribution is 0.0873. The van der Waals surface area contributed by atoms with E-state index in [1.807, 2.05) is 0 Å². The van der Waals surface area contributed by atoms with Crippen LogP contribution in [-0.4, -0.2) is 33.0 Å². The van der Waals surface area contributed by atoms with E-state index in [4.69, 9.17) is 4.74 Å². The van der Waals surface area contributed by atoms with E-state index >= 15 is 0 Å². The standard InChI is InChI=1S/C20H26N4O2/c1-19(2)11-15(12-20(3,4)24-19)23-18(25)14-5-7-16(8-6-14)26-17-13-21-9-10-22-17/h5-10,13,15,24H,11-12H2,1-4H3,(H,23,25). The summed E-state index contributed by atoms with van der Waals surface area (Å²) in [4.78, 5) is 20.6. The van der Waals surface area contributed by atoms with Crippen molar-refractivity contribution in [2.45, 2.75) is 57.7 Å². The second-order valence-electron chi connectivity index (χ2n) is 8.14. The van der Waals surface area contributed by atoms with Crippen molar-refractivity contribution in [3.8, 4) is 11.6 Å². The van der Waals surface area contributed by atoms with Crippen LogP contribution >= 0.6 is 0 Å². The lowest BCUT2D eigenvalue weighted by atomic mass is 9.79. The molecule has 1 aromatic heterocycles. The van der Waals surface area contributed by atoms with E-state index < -0.39 is 0 Å². The van der Waals surface area contributed by atoms with Gasteiger partial charge in [0.05, 0.1) is 6.20 Å². The van der Waals surface area contributed by atoms with E-state index in [0.29, 0.717) is 17.2 Å². The van der Waals surface area contributed by atoms with Crippen LogP contribution in [0.2, 0.25) is 0 Å². The molecule has 1 aliphatic rings. The van der Waals surface area contributed by atoms with Gasteiger partial charge >= 0.3 is 0 Å². The molecule has 2 N–H and O–H groups in total. The zero-order valence-corrected chi connectivity index (χ0v) is 15.7. The van der Waals surface area contributed by atoms with Gasteiger partial charge in [-0.15, -0.1) is 0 Å². The Morgan fingerprint density at radius 3 is 2.35 bits per heavy atom. The molecule has 1 aliphatic heterocycles. The van der Waals surface area contributed by atoms with Crippen LogP contribution in [0, 0.1) is 0 Å². The molecule has 2 heterocycles. The van der Waals surface area contributed by atoms with Crippen molar-refractivity contribution in [2.24, 2.45) is 0 Å². The molecule has 2 aromatic rings. The molecule has 1 saturated heterocycles. The van der Waals surface area contributed by atoms with Gasteiger partial charge in [-0.2, -0.15) is 0 Å². The maximum absolute atomic E-state index is 12.6. The van der Waals surface area contributed by atoms with Gasteiger partial charge in [0.1, 0.15) is 5.75 Å². The number of nitrogens with zero attached hydrogens (tertiary/aromatic N) is 2. The molecule has 0 bridgehead atoms. The Balaban J connectivity index is 1.63.